The van der Waals surface area contributed by atoms with Crippen molar-refractivity contribution in [3.8, 4) is 5.75 Å². The molecule has 0 saturated carbocycles. The van der Waals surface area contributed by atoms with E-state index in [1.807, 2.05) is 54.6 Å². The van der Waals surface area contributed by atoms with Gasteiger partial charge in [-0.3, -0.25) is 9.69 Å². The Bertz CT molecular complexity index is 1090. The van der Waals surface area contributed by atoms with E-state index in [4.69, 9.17) is 21.1 Å². The molecule has 0 bridgehead atoms. The summed E-state index contributed by atoms with van der Waals surface area (Å²) in [6, 6.07) is 26.1. The maximum atomic E-state index is 13.0. The molecule has 1 fully saturated rings. The van der Waals surface area contributed by atoms with Gasteiger partial charge in [0.1, 0.15) is 12.4 Å². The highest BCUT2D eigenvalue weighted by molar-refractivity contribution is 6.30. The molecule has 4 rings (SSSR count). The van der Waals surface area contributed by atoms with E-state index in [1.54, 1.807) is 7.11 Å². The molecule has 36 heavy (non-hydrogen) atoms. The van der Waals surface area contributed by atoms with Crippen LogP contribution >= 0.6 is 11.6 Å². The highest BCUT2D eigenvalue weighted by atomic mass is 35.5. The van der Waals surface area contributed by atoms with Gasteiger partial charge in [0.25, 0.3) is 0 Å². The van der Waals surface area contributed by atoms with Crippen molar-refractivity contribution in [2.45, 2.75) is 38.2 Å². The molecule has 1 saturated heterocycles. The molecule has 0 radical (unpaired) electrons. The van der Waals surface area contributed by atoms with Gasteiger partial charge in [0.15, 0.2) is 0 Å². The Hall–Kier alpha value is -2.90. The fourth-order valence-electron chi connectivity index (χ4n) is 4.47. The van der Waals surface area contributed by atoms with E-state index in [1.165, 1.54) is 0 Å². The molecule has 0 spiro atoms. The molecule has 3 aromatic carbocycles. The minimum absolute atomic E-state index is 0.0432. The lowest BCUT2D eigenvalue weighted by Crippen LogP contribution is -2.43. The predicted molar refractivity (Wildman–Crippen MR) is 143 cm³/mol. The molecule has 0 unspecified atom stereocenters. The molecule has 2 atom stereocenters. The molecule has 190 valence electrons. The van der Waals surface area contributed by atoms with Crippen LogP contribution in [-0.2, 0) is 29.2 Å². The highest BCUT2D eigenvalue weighted by Gasteiger charge is 2.36. The Labute approximate surface area is 218 Å². The van der Waals surface area contributed by atoms with E-state index in [9.17, 15) is 4.79 Å². The fraction of sp³-hybridized carbons (Fsp3) is 0.345. The number of carbonyl (C=O) groups is 1. The van der Waals surface area contributed by atoms with E-state index in [0.29, 0.717) is 37.9 Å². The average molecular weight is 508 g/mol. The minimum Gasteiger partial charge on any atom is -0.489 e. The predicted octanol–water partition coefficient (Wildman–Crippen LogP) is 4.41. The zero-order chi connectivity index (χ0) is 25.2. The van der Waals surface area contributed by atoms with Crippen molar-refractivity contribution in [1.29, 1.82) is 0 Å². The van der Waals surface area contributed by atoms with Crippen molar-refractivity contribution in [1.82, 2.24) is 15.5 Å². The van der Waals surface area contributed by atoms with Crippen LogP contribution in [-0.4, -0.2) is 49.7 Å². The van der Waals surface area contributed by atoms with Crippen LogP contribution in [0.25, 0.3) is 0 Å². The van der Waals surface area contributed by atoms with Crippen LogP contribution in [0, 0.1) is 0 Å². The number of carbonyl (C=O) groups excluding carboxylic acids is 1. The topological polar surface area (TPSA) is 62.8 Å². The maximum absolute atomic E-state index is 13.0. The standard InChI is InChI=1S/C29H34ClN3O3/c1-35-15-14-31-29(34)28-17-26(20-33(28)19-22-10-12-25(30)13-11-22)32-18-24-8-5-9-27(16-24)36-21-23-6-3-2-4-7-23/h2-13,16,26,28,32H,14-15,17-21H2,1H3,(H,31,34)/t26-,28+/m1/s1. The van der Waals surface area contributed by atoms with Crippen LogP contribution in [0.5, 0.6) is 5.75 Å². The first-order valence-electron chi connectivity index (χ1n) is 12.3. The normalized spacial score (nSPS) is 17.7. The largest absolute Gasteiger partial charge is 0.489 e. The van der Waals surface area contributed by atoms with Crippen molar-refractivity contribution in [2.24, 2.45) is 0 Å². The van der Waals surface area contributed by atoms with Gasteiger partial charge in [0.05, 0.1) is 12.6 Å². The van der Waals surface area contributed by atoms with Crippen LogP contribution < -0.4 is 15.4 Å². The van der Waals surface area contributed by atoms with E-state index in [2.05, 4.69) is 39.8 Å². The van der Waals surface area contributed by atoms with Crippen LogP contribution in [0.2, 0.25) is 5.02 Å². The zero-order valence-corrected chi connectivity index (χ0v) is 21.4. The summed E-state index contributed by atoms with van der Waals surface area (Å²) in [6.07, 6.45) is 0.747. The third-order valence-corrected chi connectivity index (χ3v) is 6.60. The fourth-order valence-corrected chi connectivity index (χ4v) is 4.59. The van der Waals surface area contributed by atoms with Crippen molar-refractivity contribution in [2.75, 3.05) is 26.8 Å². The summed E-state index contributed by atoms with van der Waals surface area (Å²) in [5, 5.41) is 7.37. The van der Waals surface area contributed by atoms with Gasteiger partial charge in [-0.25, -0.2) is 0 Å². The molecule has 1 amide bonds. The molecule has 2 N–H and O–H groups in total. The number of halogens is 1. The Kier molecular flexibility index (Phi) is 9.76. The van der Waals surface area contributed by atoms with E-state index >= 15 is 0 Å². The molecular weight excluding hydrogens is 474 g/mol. The second-order valence-electron chi connectivity index (χ2n) is 9.09. The van der Waals surface area contributed by atoms with Gasteiger partial charge in [-0.1, -0.05) is 66.2 Å². The summed E-state index contributed by atoms with van der Waals surface area (Å²) in [6.45, 7) is 3.74. The molecule has 3 aromatic rings. The first-order valence-corrected chi connectivity index (χ1v) is 12.7. The van der Waals surface area contributed by atoms with Crippen LogP contribution in [0.1, 0.15) is 23.1 Å². The molecule has 6 nitrogen and oxygen atoms in total. The van der Waals surface area contributed by atoms with Crippen LogP contribution in [0.3, 0.4) is 0 Å². The van der Waals surface area contributed by atoms with Gasteiger partial charge >= 0.3 is 0 Å². The quantitative estimate of drug-likeness (QED) is 0.355. The Morgan fingerprint density at radius 3 is 2.56 bits per heavy atom. The van der Waals surface area contributed by atoms with Gasteiger partial charge in [0, 0.05) is 44.4 Å². The van der Waals surface area contributed by atoms with Gasteiger partial charge in [-0.05, 0) is 47.4 Å². The highest BCUT2D eigenvalue weighted by Crippen LogP contribution is 2.23. The van der Waals surface area contributed by atoms with Crippen molar-refractivity contribution < 1.29 is 14.3 Å². The van der Waals surface area contributed by atoms with Gasteiger partial charge in [0.2, 0.25) is 5.91 Å². The number of nitrogens with zero attached hydrogens (tertiary/aromatic N) is 1. The van der Waals surface area contributed by atoms with Crippen LogP contribution in [0.15, 0.2) is 78.9 Å². The van der Waals surface area contributed by atoms with Gasteiger partial charge < -0.3 is 20.1 Å². The molecule has 7 heteroatoms. The summed E-state index contributed by atoms with van der Waals surface area (Å²) in [4.78, 5) is 15.2. The molecule has 1 aliphatic heterocycles. The van der Waals surface area contributed by atoms with Crippen molar-refractivity contribution >= 4 is 17.5 Å². The number of nitrogens with one attached hydrogen (secondary N) is 2. The SMILES string of the molecule is COCCNC(=O)[C@@H]1C[C@@H](NCc2cccc(OCc3ccccc3)c2)CN1Cc1ccc(Cl)cc1. The summed E-state index contributed by atoms with van der Waals surface area (Å²) in [7, 11) is 1.64. The Morgan fingerprint density at radius 2 is 1.78 bits per heavy atom. The average Bonchev–Trinajstić information content (AvgIpc) is 3.31. The summed E-state index contributed by atoms with van der Waals surface area (Å²) >= 11 is 6.05. The Morgan fingerprint density at radius 1 is 1.00 bits per heavy atom. The molecule has 1 aliphatic rings. The maximum Gasteiger partial charge on any atom is 0.237 e. The summed E-state index contributed by atoms with van der Waals surface area (Å²) < 4.78 is 11.1. The second-order valence-corrected chi connectivity index (χ2v) is 9.53. The number of hydrogen-bond acceptors (Lipinski definition) is 5. The summed E-state index contributed by atoms with van der Waals surface area (Å²) in [5.74, 6) is 0.894. The molecule has 0 aliphatic carbocycles. The molecular formula is C29H34ClN3O3. The molecule has 0 aromatic heterocycles. The lowest BCUT2D eigenvalue weighted by atomic mass is 10.1. The number of likely N-dealkylation sites (tertiary alicyclic amines) is 1. The third-order valence-electron chi connectivity index (χ3n) is 6.35. The van der Waals surface area contributed by atoms with Gasteiger partial charge in [-0.15, -0.1) is 0 Å². The lowest BCUT2D eigenvalue weighted by Gasteiger charge is -2.23. The first-order chi connectivity index (χ1) is 17.6. The number of amides is 1. The van der Waals surface area contributed by atoms with Gasteiger partial charge in [-0.2, -0.15) is 0 Å². The van der Waals surface area contributed by atoms with Crippen molar-refractivity contribution in [3.63, 3.8) is 0 Å². The molecule has 1 heterocycles. The number of benzene rings is 3. The van der Waals surface area contributed by atoms with E-state index in [0.717, 1.165) is 35.4 Å². The van der Waals surface area contributed by atoms with Crippen molar-refractivity contribution in [3.05, 3.63) is 101 Å². The lowest BCUT2D eigenvalue weighted by molar-refractivity contribution is -0.125. The monoisotopic (exact) mass is 507 g/mol. The minimum atomic E-state index is -0.199. The second kappa shape index (κ2) is 13.4. The zero-order valence-electron chi connectivity index (χ0n) is 20.7. The van der Waals surface area contributed by atoms with E-state index < -0.39 is 0 Å². The smallest absolute Gasteiger partial charge is 0.237 e. The summed E-state index contributed by atoms with van der Waals surface area (Å²) in [5.41, 5.74) is 3.43. The number of ether oxygens (including phenoxy) is 2. The Balaban J connectivity index is 1.34. The van der Waals surface area contributed by atoms with E-state index in [-0.39, 0.29) is 18.0 Å². The first kappa shape index (κ1) is 26.2. The number of hydrogen-bond donors (Lipinski definition) is 2. The number of rotatable bonds is 12. The van der Waals surface area contributed by atoms with Crippen LogP contribution in [0.4, 0.5) is 0 Å². The third kappa shape index (κ3) is 7.80. The number of methoxy groups -OCH3 is 1.